The van der Waals surface area contributed by atoms with Crippen LogP contribution < -0.4 is 5.73 Å². The minimum Gasteiger partial charge on any atom is -0.383 e. The molecule has 0 aliphatic rings. The first-order valence-electron chi connectivity index (χ1n) is 4.40. The van der Waals surface area contributed by atoms with Gasteiger partial charge in [0.25, 0.3) is 6.43 Å². The molecule has 1 aromatic heterocycles. The number of alkyl halides is 2. The van der Waals surface area contributed by atoms with E-state index < -0.39 is 23.0 Å². The number of aromatic nitrogens is 1. The molecule has 1 heterocycles. The molecule has 0 saturated carbocycles. The Bertz CT molecular complexity index is 509. The molecule has 0 atom stereocenters. The summed E-state index contributed by atoms with van der Waals surface area (Å²) in [5, 5.41) is 0.0585. The number of rotatable bonds is 4. The maximum atomic E-state index is 12.1. The first kappa shape index (κ1) is 14.1. The van der Waals surface area contributed by atoms with Gasteiger partial charge < -0.3 is 5.73 Å². The largest absolute Gasteiger partial charge is 0.383 e. The second-order valence-electron chi connectivity index (χ2n) is 3.21. The number of nitrogens with zero attached hydrogens (tertiary/aromatic N) is 2. The molecular formula is C8H10ClF2N3O2S. The average molecular weight is 286 g/mol. The number of sulfonamides is 1. The highest BCUT2D eigenvalue weighted by atomic mass is 35.5. The number of pyridine rings is 1. The minimum absolute atomic E-state index is 0.0585. The Kier molecular flexibility index (Phi) is 4.23. The van der Waals surface area contributed by atoms with Gasteiger partial charge in [0.2, 0.25) is 10.0 Å². The number of hydrogen-bond acceptors (Lipinski definition) is 4. The topological polar surface area (TPSA) is 76.3 Å². The van der Waals surface area contributed by atoms with Crippen molar-refractivity contribution in [3.05, 3.63) is 17.3 Å². The van der Waals surface area contributed by atoms with Crippen LogP contribution in [0.5, 0.6) is 0 Å². The maximum absolute atomic E-state index is 12.1. The lowest BCUT2D eigenvalue weighted by atomic mass is 10.5. The standard InChI is InChI=1S/C8H10ClF2N3O2S/c1-14(4-7(10)11)17(15,16)6-2-5(9)3-13-8(6)12/h2-3,7H,4H2,1H3,(H2,12,13). The van der Waals surface area contributed by atoms with Gasteiger partial charge in [-0.1, -0.05) is 11.6 Å². The highest BCUT2D eigenvalue weighted by Gasteiger charge is 2.26. The Labute approximate surface area is 102 Å². The maximum Gasteiger partial charge on any atom is 0.252 e. The van der Waals surface area contributed by atoms with Gasteiger partial charge in [0.15, 0.2) is 0 Å². The van der Waals surface area contributed by atoms with E-state index in [1.54, 1.807) is 0 Å². The Morgan fingerprint density at radius 1 is 1.59 bits per heavy atom. The van der Waals surface area contributed by atoms with Crippen molar-refractivity contribution in [3.63, 3.8) is 0 Å². The van der Waals surface area contributed by atoms with E-state index in [2.05, 4.69) is 4.98 Å². The zero-order valence-corrected chi connectivity index (χ0v) is 10.3. The Balaban J connectivity index is 3.17. The number of hydrogen-bond donors (Lipinski definition) is 1. The van der Waals surface area contributed by atoms with Crippen molar-refractivity contribution in [2.45, 2.75) is 11.3 Å². The molecule has 0 unspecified atom stereocenters. The molecule has 5 nitrogen and oxygen atoms in total. The van der Waals surface area contributed by atoms with E-state index in [0.29, 0.717) is 4.31 Å². The smallest absolute Gasteiger partial charge is 0.252 e. The average Bonchev–Trinajstić information content (AvgIpc) is 2.20. The van der Waals surface area contributed by atoms with Crippen LogP contribution in [0.4, 0.5) is 14.6 Å². The van der Waals surface area contributed by atoms with Gasteiger partial charge in [-0.15, -0.1) is 0 Å². The molecule has 1 aromatic rings. The zero-order chi connectivity index (χ0) is 13.2. The molecule has 2 N–H and O–H groups in total. The highest BCUT2D eigenvalue weighted by Crippen LogP contribution is 2.23. The van der Waals surface area contributed by atoms with Crippen LogP contribution in [0, 0.1) is 0 Å². The second-order valence-corrected chi connectivity index (χ2v) is 5.66. The van der Waals surface area contributed by atoms with Crippen LogP contribution >= 0.6 is 11.6 Å². The van der Waals surface area contributed by atoms with Crippen LogP contribution in [0.1, 0.15) is 0 Å². The van der Waals surface area contributed by atoms with E-state index in [9.17, 15) is 17.2 Å². The van der Waals surface area contributed by atoms with E-state index >= 15 is 0 Å². The van der Waals surface area contributed by atoms with Crippen molar-refractivity contribution in [3.8, 4) is 0 Å². The summed E-state index contributed by atoms with van der Waals surface area (Å²) in [6, 6.07) is 1.07. The monoisotopic (exact) mass is 285 g/mol. The third-order valence-electron chi connectivity index (χ3n) is 1.93. The lowest BCUT2D eigenvalue weighted by Crippen LogP contribution is -2.32. The first-order valence-corrected chi connectivity index (χ1v) is 6.22. The second kappa shape index (κ2) is 5.11. The van der Waals surface area contributed by atoms with Crippen LogP contribution in [0.3, 0.4) is 0 Å². The summed E-state index contributed by atoms with van der Waals surface area (Å²) in [6.45, 7) is -0.922. The van der Waals surface area contributed by atoms with Gasteiger partial charge >= 0.3 is 0 Å². The van der Waals surface area contributed by atoms with Crippen LogP contribution in [0.15, 0.2) is 17.2 Å². The lowest BCUT2D eigenvalue weighted by Gasteiger charge is -2.17. The predicted molar refractivity (Wildman–Crippen MR) is 59.5 cm³/mol. The molecular weight excluding hydrogens is 276 g/mol. The molecule has 17 heavy (non-hydrogen) atoms. The fraction of sp³-hybridized carbons (Fsp3) is 0.375. The Morgan fingerprint density at radius 2 is 2.18 bits per heavy atom. The highest BCUT2D eigenvalue weighted by molar-refractivity contribution is 7.89. The van der Waals surface area contributed by atoms with E-state index in [-0.39, 0.29) is 15.7 Å². The summed E-state index contributed by atoms with van der Waals surface area (Å²) < 4.78 is 48.5. The third-order valence-corrected chi connectivity index (χ3v) is 3.99. The number of halogens is 3. The number of anilines is 1. The fourth-order valence-electron chi connectivity index (χ4n) is 1.10. The summed E-state index contributed by atoms with van der Waals surface area (Å²) in [5.74, 6) is -0.282. The van der Waals surface area contributed by atoms with Gasteiger partial charge in [-0.05, 0) is 6.07 Å². The number of nitrogens with two attached hydrogens (primary N) is 1. The molecule has 0 spiro atoms. The Hall–Kier alpha value is -0.990. The predicted octanol–water partition coefficient (Wildman–Crippen LogP) is 1.20. The summed E-state index contributed by atoms with van der Waals surface area (Å²) in [5.41, 5.74) is 5.38. The van der Waals surface area contributed by atoms with Crippen LogP contribution in [-0.2, 0) is 10.0 Å². The summed E-state index contributed by atoms with van der Waals surface area (Å²) >= 11 is 5.58. The molecule has 0 aliphatic carbocycles. The first-order chi connectivity index (χ1) is 7.75. The fourth-order valence-corrected chi connectivity index (χ4v) is 2.56. The van der Waals surface area contributed by atoms with E-state index in [1.165, 1.54) is 6.20 Å². The van der Waals surface area contributed by atoms with Crippen molar-refractivity contribution < 1.29 is 17.2 Å². The zero-order valence-electron chi connectivity index (χ0n) is 8.77. The van der Waals surface area contributed by atoms with E-state index in [4.69, 9.17) is 17.3 Å². The van der Waals surface area contributed by atoms with Gasteiger partial charge in [-0.25, -0.2) is 22.2 Å². The van der Waals surface area contributed by atoms with Crippen molar-refractivity contribution in [2.24, 2.45) is 0 Å². The van der Waals surface area contributed by atoms with Gasteiger partial charge in [0, 0.05) is 13.2 Å². The molecule has 0 saturated heterocycles. The molecule has 1 rings (SSSR count). The minimum atomic E-state index is -4.11. The quantitative estimate of drug-likeness (QED) is 0.902. The summed E-state index contributed by atoms with van der Waals surface area (Å²) in [4.78, 5) is 3.18. The summed E-state index contributed by atoms with van der Waals surface area (Å²) in [6.07, 6.45) is -1.61. The molecule has 9 heteroatoms. The van der Waals surface area contributed by atoms with Crippen molar-refractivity contribution in [2.75, 3.05) is 19.3 Å². The molecule has 0 fully saturated rings. The van der Waals surface area contributed by atoms with Gasteiger partial charge in [0.1, 0.15) is 10.7 Å². The summed E-state index contributed by atoms with van der Waals surface area (Å²) in [7, 11) is -3.08. The van der Waals surface area contributed by atoms with Crippen LogP contribution in [0.2, 0.25) is 5.02 Å². The van der Waals surface area contributed by atoms with Gasteiger partial charge in [0.05, 0.1) is 11.6 Å². The van der Waals surface area contributed by atoms with Crippen molar-refractivity contribution in [1.82, 2.24) is 9.29 Å². The van der Waals surface area contributed by atoms with E-state index in [0.717, 1.165) is 13.1 Å². The Morgan fingerprint density at radius 3 is 2.71 bits per heavy atom. The molecule has 0 amide bonds. The number of nitrogen functional groups attached to an aromatic ring is 1. The van der Waals surface area contributed by atoms with Gasteiger partial charge in [-0.3, -0.25) is 0 Å². The molecule has 96 valence electrons. The third kappa shape index (κ3) is 3.24. The SMILES string of the molecule is CN(CC(F)F)S(=O)(=O)c1cc(Cl)cnc1N. The van der Waals surface area contributed by atoms with Crippen LogP contribution in [0.25, 0.3) is 0 Å². The van der Waals surface area contributed by atoms with Crippen molar-refractivity contribution >= 4 is 27.4 Å². The van der Waals surface area contributed by atoms with Gasteiger partial charge in [-0.2, -0.15) is 4.31 Å². The molecule has 0 bridgehead atoms. The lowest BCUT2D eigenvalue weighted by molar-refractivity contribution is 0.126. The molecule has 0 aromatic carbocycles. The van der Waals surface area contributed by atoms with E-state index in [1.807, 2.05) is 0 Å². The van der Waals surface area contributed by atoms with Crippen LogP contribution in [-0.4, -0.2) is 37.7 Å². The normalized spacial score (nSPS) is 12.4. The molecule has 0 aliphatic heterocycles. The van der Waals surface area contributed by atoms with Crippen molar-refractivity contribution in [1.29, 1.82) is 0 Å². The molecule has 0 radical (unpaired) electrons.